The third-order valence-corrected chi connectivity index (χ3v) is 3.95. The summed E-state index contributed by atoms with van der Waals surface area (Å²) in [6, 6.07) is 0. The standard InChI is InChI=1S/C14H23BrN4/c1-14(2,3)18-7-11-5-4-6-19(9-11)13-12(15)8-16-10-17-13/h8,10-11,18H,4-7,9H2,1-3H3. The first-order valence-corrected chi connectivity index (χ1v) is 7.70. The number of halogens is 1. The van der Waals surface area contributed by atoms with Crippen molar-refractivity contribution in [2.75, 3.05) is 24.5 Å². The van der Waals surface area contributed by atoms with Gasteiger partial charge in [-0.3, -0.25) is 0 Å². The van der Waals surface area contributed by atoms with E-state index in [1.54, 1.807) is 6.33 Å². The highest BCUT2D eigenvalue weighted by Crippen LogP contribution is 2.27. The lowest BCUT2D eigenvalue weighted by molar-refractivity contribution is 0.334. The molecule has 1 atom stereocenters. The minimum Gasteiger partial charge on any atom is -0.355 e. The molecule has 0 aromatic carbocycles. The Labute approximate surface area is 124 Å². The van der Waals surface area contributed by atoms with Crippen LogP contribution in [0.5, 0.6) is 0 Å². The smallest absolute Gasteiger partial charge is 0.146 e. The molecule has 1 aliphatic rings. The van der Waals surface area contributed by atoms with E-state index in [1.807, 2.05) is 6.20 Å². The first-order chi connectivity index (χ1) is 8.96. The Morgan fingerprint density at radius 1 is 1.47 bits per heavy atom. The van der Waals surface area contributed by atoms with E-state index in [0.717, 1.165) is 29.9 Å². The average molecular weight is 327 g/mol. The molecule has 2 heterocycles. The number of aromatic nitrogens is 2. The zero-order valence-electron chi connectivity index (χ0n) is 12.0. The highest BCUT2D eigenvalue weighted by molar-refractivity contribution is 9.10. The lowest BCUT2D eigenvalue weighted by Crippen LogP contribution is -2.45. The summed E-state index contributed by atoms with van der Waals surface area (Å²) in [5, 5.41) is 3.61. The summed E-state index contributed by atoms with van der Waals surface area (Å²) in [5.74, 6) is 1.71. The highest BCUT2D eigenvalue weighted by atomic mass is 79.9. The summed E-state index contributed by atoms with van der Waals surface area (Å²) >= 11 is 3.54. The van der Waals surface area contributed by atoms with Crippen LogP contribution in [0.4, 0.5) is 5.82 Å². The third-order valence-electron chi connectivity index (χ3n) is 3.39. The van der Waals surface area contributed by atoms with E-state index < -0.39 is 0 Å². The summed E-state index contributed by atoms with van der Waals surface area (Å²) < 4.78 is 0.986. The van der Waals surface area contributed by atoms with Crippen LogP contribution in [0, 0.1) is 5.92 Å². The summed E-state index contributed by atoms with van der Waals surface area (Å²) in [5.41, 5.74) is 0.192. The van der Waals surface area contributed by atoms with Gasteiger partial charge in [0, 0.05) is 31.4 Å². The van der Waals surface area contributed by atoms with E-state index in [1.165, 1.54) is 12.8 Å². The molecule has 4 nitrogen and oxygen atoms in total. The van der Waals surface area contributed by atoms with Crippen LogP contribution in [-0.2, 0) is 0 Å². The van der Waals surface area contributed by atoms with Crippen LogP contribution < -0.4 is 10.2 Å². The summed E-state index contributed by atoms with van der Waals surface area (Å²) in [6.45, 7) is 9.88. The molecule has 5 heteroatoms. The van der Waals surface area contributed by atoms with Gasteiger partial charge >= 0.3 is 0 Å². The number of rotatable bonds is 3. The van der Waals surface area contributed by atoms with E-state index >= 15 is 0 Å². The van der Waals surface area contributed by atoms with E-state index in [9.17, 15) is 0 Å². The fourth-order valence-electron chi connectivity index (χ4n) is 2.41. The number of nitrogens with zero attached hydrogens (tertiary/aromatic N) is 3. The molecule has 0 saturated carbocycles. The van der Waals surface area contributed by atoms with Crippen LogP contribution in [0.3, 0.4) is 0 Å². The van der Waals surface area contributed by atoms with Crippen molar-refractivity contribution in [1.82, 2.24) is 15.3 Å². The van der Waals surface area contributed by atoms with E-state index in [2.05, 4.69) is 56.9 Å². The Kier molecular flexibility index (Phi) is 4.79. The average Bonchev–Trinajstić information content (AvgIpc) is 2.36. The van der Waals surface area contributed by atoms with Gasteiger partial charge in [0.15, 0.2) is 0 Å². The largest absolute Gasteiger partial charge is 0.355 e. The fourth-order valence-corrected chi connectivity index (χ4v) is 2.88. The van der Waals surface area contributed by atoms with Gasteiger partial charge in [-0.05, 0) is 55.5 Å². The van der Waals surface area contributed by atoms with Gasteiger partial charge in [0.1, 0.15) is 12.1 Å². The SMILES string of the molecule is CC(C)(C)NCC1CCCN(c2ncncc2Br)C1. The zero-order chi connectivity index (χ0) is 13.9. The zero-order valence-corrected chi connectivity index (χ0v) is 13.6. The van der Waals surface area contributed by atoms with Crippen molar-refractivity contribution in [2.45, 2.75) is 39.2 Å². The Morgan fingerprint density at radius 2 is 2.26 bits per heavy atom. The molecular formula is C14H23BrN4. The first kappa shape index (κ1) is 14.7. The van der Waals surface area contributed by atoms with Crippen LogP contribution in [0.2, 0.25) is 0 Å². The van der Waals surface area contributed by atoms with Crippen LogP contribution in [0.15, 0.2) is 17.0 Å². The maximum atomic E-state index is 4.39. The molecule has 0 spiro atoms. The molecule has 1 fully saturated rings. The predicted molar refractivity (Wildman–Crippen MR) is 82.4 cm³/mol. The molecule has 0 amide bonds. The van der Waals surface area contributed by atoms with Gasteiger partial charge in [0.2, 0.25) is 0 Å². The number of hydrogen-bond acceptors (Lipinski definition) is 4. The predicted octanol–water partition coefficient (Wildman–Crippen LogP) is 2.84. The van der Waals surface area contributed by atoms with E-state index in [0.29, 0.717) is 5.92 Å². The first-order valence-electron chi connectivity index (χ1n) is 6.91. The molecule has 0 radical (unpaired) electrons. The van der Waals surface area contributed by atoms with E-state index in [-0.39, 0.29) is 5.54 Å². The van der Waals surface area contributed by atoms with E-state index in [4.69, 9.17) is 0 Å². The molecule has 1 aromatic rings. The van der Waals surface area contributed by atoms with Crippen LogP contribution in [-0.4, -0.2) is 35.1 Å². The second-order valence-corrected chi connectivity index (χ2v) is 7.13. The molecule has 0 aliphatic carbocycles. The fraction of sp³-hybridized carbons (Fsp3) is 0.714. The molecule has 1 aliphatic heterocycles. The molecule has 1 saturated heterocycles. The minimum atomic E-state index is 0.192. The monoisotopic (exact) mass is 326 g/mol. The quantitative estimate of drug-likeness (QED) is 0.927. The second kappa shape index (κ2) is 6.18. The second-order valence-electron chi connectivity index (χ2n) is 6.28. The van der Waals surface area contributed by atoms with Gasteiger partial charge in [0.25, 0.3) is 0 Å². The summed E-state index contributed by atoms with van der Waals surface area (Å²) in [4.78, 5) is 10.8. The Morgan fingerprint density at radius 3 is 2.95 bits per heavy atom. The van der Waals surface area contributed by atoms with Crippen molar-refractivity contribution in [1.29, 1.82) is 0 Å². The van der Waals surface area contributed by atoms with Gasteiger partial charge in [-0.25, -0.2) is 9.97 Å². The highest BCUT2D eigenvalue weighted by Gasteiger charge is 2.23. The van der Waals surface area contributed by atoms with Crippen LogP contribution in [0.25, 0.3) is 0 Å². The van der Waals surface area contributed by atoms with Gasteiger partial charge in [0.05, 0.1) is 4.47 Å². The molecular weight excluding hydrogens is 304 g/mol. The van der Waals surface area contributed by atoms with Gasteiger partial charge in [-0.2, -0.15) is 0 Å². The molecule has 19 heavy (non-hydrogen) atoms. The molecule has 1 unspecified atom stereocenters. The van der Waals surface area contributed by atoms with Crippen LogP contribution in [0.1, 0.15) is 33.6 Å². The number of piperidine rings is 1. The molecule has 0 bridgehead atoms. The maximum absolute atomic E-state index is 4.39. The van der Waals surface area contributed by atoms with Crippen molar-refractivity contribution in [3.8, 4) is 0 Å². The van der Waals surface area contributed by atoms with Crippen molar-refractivity contribution in [3.05, 3.63) is 17.0 Å². The minimum absolute atomic E-state index is 0.192. The maximum Gasteiger partial charge on any atom is 0.146 e. The van der Waals surface area contributed by atoms with Gasteiger partial charge in [-0.1, -0.05) is 0 Å². The molecule has 1 N–H and O–H groups in total. The normalized spacial score (nSPS) is 20.6. The number of nitrogens with one attached hydrogen (secondary N) is 1. The van der Waals surface area contributed by atoms with Crippen molar-refractivity contribution in [2.24, 2.45) is 5.92 Å². The lowest BCUT2D eigenvalue weighted by Gasteiger charge is -2.35. The lowest BCUT2D eigenvalue weighted by atomic mass is 9.96. The topological polar surface area (TPSA) is 41.0 Å². The summed E-state index contributed by atoms with van der Waals surface area (Å²) in [7, 11) is 0. The van der Waals surface area contributed by atoms with Gasteiger partial charge < -0.3 is 10.2 Å². The Bertz CT molecular complexity index is 416. The number of anilines is 1. The van der Waals surface area contributed by atoms with Crippen LogP contribution >= 0.6 is 15.9 Å². The molecule has 1 aromatic heterocycles. The third kappa shape index (κ3) is 4.42. The molecule has 106 valence electrons. The van der Waals surface area contributed by atoms with Crippen molar-refractivity contribution in [3.63, 3.8) is 0 Å². The Hall–Kier alpha value is -0.680. The van der Waals surface area contributed by atoms with Crippen molar-refractivity contribution < 1.29 is 0 Å². The molecule has 2 rings (SSSR count). The summed E-state index contributed by atoms with van der Waals surface area (Å²) in [6.07, 6.45) is 5.96. The van der Waals surface area contributed by atoms with Crippen molar-refractivity contribution >= 4 is 21.7 Å². The number of hydrogen-bond donors (Lipinski definition) is 1. The Balaban J connectivity index is 1.96. The van der Waals surface area contributed by atoms with Gasteiger partial charge in [-0.15, -0.1) is 0 Å².